The lowest BCUT2D eigenvalue weighted by Crippen LogP contribution is -2.00. The van der Waals surface area contributed by atoms with E-state index in [1.54, 1.807) is 12.1 Å². The molecule has 2 aromatic rings. The van der Waals surface area contributed by atoms with E-state index in [0.29, 0.717) is 12.4 Å². The van der Waals surface area contributed by atoms with Crippen molar-refractivity contribution in [3.05, 3.63) is 65.5 Å². The molecule has 0 aliphatic rings. The van der Waals surface area contributed by atoms with Gasteiger partial charge in [-0.1, -0.05) is 24.3 Å². The van der Waals surface area contributed by atoms with Crippen LogP contribution in [0.25, 0.3) is 0 Å². The molecule has 0 atom stereocenters. The lowest BCUT2D eigenvalue weighted by molar-refractivity contribution is 0.627. The first-order chi connectivity index (χ1) is 9.28. The highest BCUT2D eigenvalue weighted by Gasteiger charge is 1.97. The van der Waals surface area contributed by atoms with E-state index in [9.17, 15) is 4.39 Å². The number of halogens is 2. The summed E-state index contributed by atoms with van der Waals surface area (Å²) in [5.74, 6) is 0.486. The van der Waals surface area contributed by atoms with Crippen LogP contribution in [-0.2, 0) is 13.0 Å². The number of nitrogens with one attached hydrogen (secondary N) is 1. The van der Waals surface area contributed by atoms with Crippen LogP contribution >= 0.6 is 11.6 Å². The molecular formula is C16H17ClFN. The fourth-order valence-corrected chi connectivity index (χ4v) is 2.05. The zero-order valence-electron chi connectivity index (χ0n) is 10.7. The van der Waals surface area contributed by atoms with E-state index in [1.807, 2.05) is 12.1 Å². The third kappa shape index (κ3) is 4.56. The summed E-state index contributed by atoms with van der Waals surface area (Å²) in [5.41, 5.74) is 3.42. The minimum Gasteiger partial charge on any atom is -0.381 e. The molecule has 19 heavy (non-hydrogen) atoms. The predicted octanol–water partition coefficient (Wildman–Crippen LogP) is 4.61. The van der Waals surface area contributed by atoms with Gasteiger partial charge in [0.1, 0.15) is 5.82 Å². The van der Waals surface area contributed by atoms with E-state index >= 15 is 0 Å². The highest BCUT2D eigenvalue weighted by atomic mass is 35.5. The van der Waals surface area contributed by atoms with Crippen molar-refractivity contribution in [2.24, 2.45) is 0 Å². The molecule has 0 aliphatic heterocycles. The molecule has 0 saturated carbocycles. The van der Waals surface area contributed by atoms with Crippen LogP contribution in [0.4, 0.5) is 10.1 Å². The second kappa shape index (κ2) is 7.15. The van der Waals surface area contributed by atoms with Crippen LogP contribution in [0.2, 0.25) is 0 Å². The van der Waals surface area contributed by atoms with Gasteiger partial charge in [0.2, 0.25) is 0 Å². The summed E-state index contributed by atoms with van der Waals surface area (Å²) in [6.07, 6.45) is 1.98. The van der Waals surface area contributed by atoms with Crippen molar-refractivity contribution in [1.29, 1.82) is 0 Å². The topological polar surface area (TPSA) is 12.0 Å². The number of alkyl halides is 1. The molecular weight excluding hydrogens is 261 g/mol. The van der Waals surface area contributed by atoms with Crippen LogP contribution in [0.1, 0.15) is 17.5 Å². The number of rotatable bonds is 6. The zero-order valence-corrected chi connectivity index (χ0v) is 11.5. The minimum atomic E-state index is -0.202. The van der Waals surface area contributed by atoms with Crippen molar-refractivity contribution in [2.45, 2.75) is 19.4 Å². The number of anilines is 1. The highest BCUT2D eigenvalue weighted by Crippen LogP contribution is 2.14. The van der Waals surface area contributed by atoms with E-state index in [4.69, 9.17) is 11.6 Å². The Morgan fingerprint density at radius 1 is 1.00 bits per heavy atom. The number of aryl methyl sites for hydroxylation is 1. The zero-order chi connectivity index (χ0) is 13.5. The van der Waals surface area contributed by atoms with Crippen molar-refractivity contribution in [3.8, 4) is 0 Å². The van der Waals surface area contributed by atoms with Crippen LogP contribution in [0.15, 0.2) is 48.5 Å². The van der Waals surface area contributed by atoms with Gasteiger partial charge in [0.15, 0.2) is 0 Å². The molecule has 3 heteroatoms. The molecule has 0 heterocycles. The van der Waals surface area contributed by atoms with E-state index in [1.165, 1.54) is 17.7 Å². The first kappa shape index (κ1) is 13.9. The average molecular weight is 278 g/mol. The molecule has 2 aromatic carbocycles. The molecule has 0 aliphatic carbocycles. The molecule has 0 saturated heterocycles. The quantitative estimate of drug-likeness (QED) is 0.761. The van der Waals surface area contributed by atoms with Gasteiger partial charge in [-0.25, -0.2) is 4.39 Å². The fourth-order valence-electron chi connectivity index (χ4n) is 1.91. The summed E-state index contributed by atoms with van der Waals surface area (Å²) < 4.78 is 12.8. The van der Waals surface area contributed by atoms with E-state index in [2.05, 4.69) is 17.4 Å². The third-order valence-corrected chi connectivity index (χ3v) is 3.20. The lowest BCUT2D eigenvalue weighted by atomic mass is 10.1. The molecule has 1 N–H and O–H groups in total. The molecule has 0 radical (unpaired) electrons. The Hall–Kier alpha value is -1.54. The summed E-state index contributed by atoms with van der Waals surface area (Å²) in [6.45, 7) is 0.694. The minimum absolute atomic E-state index is 0.202. The second-order valence-corrected chi connectivity index (χ2v) is 4.85. The van der Waals surface area contributed by atoms with Crippen LogP contribution in [0.5, 0.6) is 0 Å². The van der Waals surface area contributed by atoms with Gasteiger partial charge in [0, 0.05) is 18.1 Å². The second-order valence-electron chi connectivity index (χ2n) is 4.47. The van der Waals surface area contributed by atoms with Crippen molar-refractivity contribution in [1.82, 2.24) is 0 Å². The van der Waals surface area contributed by atoms with Crippen LogP contribution in [-0.4, -0.2) is 5.88 Å². The Kier molecular flexibility index (Phi) is 5.22. The summed E-state index contributed by atoms with van der Waals surface area (Å²) in [6, 6.07) is 14.9. The first-order valence-corrected chi connectivity index (χ1v) is 6.94. The highest BCUT2D eigenvalue weighted by molar-refractivity contribution is 6.17. The molecule has 2 rings (SSSR count). The molecule has 0 amide bonds. The first-order valence-electron chi connectivity index (χ1n) is 6.41. The average Bonchev–Trinajstić information content (AvgIpc) is 2.45. The largest absolute Gasteiger partial charge is 0.381 e. The van der Waals surface area contributed by atoms with Crippen LogP contribution in [0.3, 0.4) is 0 Å². The van der Waals surface area contributed by atoms with Gasteiger partial charge in [-0.3, -0.25) is 0 Å². The summed E-state index contributed by atoms with van der Waals surface area (Å²) in [7, 11) is 0. The van der Waals surface area contributed by atoms with Gasteiger partial charge in [-0.2, -0.15) is 0 Å². The van der Waals surface area contributed by atoms with Gasteiger partial charge < -0.3 is 5.32 Å². The van der Waals surface area contributed by atoms with Crippen molar-refractivity contribution < 1.29 is 4.39 Å². The summed E-state index contributed by atoms with van der Waals surface area (Å²) in [5, 5.41) is 3.34. The Labute approximate surface area is 118 Å². The normalized spacial score (nSPS) is 10.4. The van der Waals surface area contributed by atoms with E-state index < -0.39 is 0 Å². The maximum Gasteiger partial charge on any atom is 0.123 e. The molecule has 0 bridgehead atoms. The van der Waals surface area contributed by atoms with Gasteiger partial charge in [0.25, 0.3) is 0 Å². The van der Waals surface area contributed by atoms with Gasteiger partial charge in [-0.05, 0) is 48.2 Å². The number of hydrogen-bond acceptors (Lipinski definition) is 1. The Morgan fingerprint density at radius 3 is 2.53 bits per heavy atom. The van der Waals surface area contributed by atoms with Crippen molar-refractivity contribution in [3.63, 3.8) is 0 Å². The SMILES string of the molecule is Fc1ccc(CNc2cccc(CCCCl)c2)cc1. The van der Waals surface area contributed by atoms with Crippen LogP contribution < -0.4 is 5.32 Å². The monoisotopic (exact) mass is 277 g/mol. The molecule has 1 nitrogen and oxygen atoms in total. The van der Waals surface area contributed by atoms with Crippen molar-refractivity contribution in [2.75, 3.05) is 11.2 Å². The maximum absolute atomic E-state index is 12.8. The van der Waals surface area contributed by atoms with Gasteiger partial charge >= 0.3 is 0 Å². The molecule has 0 spiro atoms. The van der Waals surface area contributed by atoms with Gasteiger partial charge in [-0.15, -0.1) is 11.6 Å². The van der Waals surface area contributed by atoms with Gasteiger partial charge in [0.05, 0.1) is 0 Å². The standard InChI is InChI=1S/C16H17ClFN/c17-10-2-4-13-3-1-5-16(11-13)19-12-14-6-8-15(18)9-7-14/h1,3,5-9,11,19H,2,4,10,12H2. The summed E-state index contributed by atoms with van der Waals surface area (Å²) >= 11 is 5.70. The molecule has 0 fully saturated rings. The van der Waals surface area contributed by atoms with Crippen LogP contribution in [0, 0.1) is 5.82 Å². The summed E-state index contributed by atoms with van der Waals surface area (Å²) in [4.78, 5) is 0. The molecule has 0 unspecified atom stereocenters. The Morgan fingerprint density at radius 2 is 1.79 bits per heavy atom. The Bertz CT molecular complexity index is 510. The molecule has 100 valence electrons. The maximum atomic E-state index is 12.8. The lowest BCUT2D eigenvalue weighted by Gasteiger charge is -2.08. The van der Waals surface area contributed by atoms with E-state index in [-0.39, 0.29) is 5.82 Å². The predicted molar refractivity (Wildman–Crippen MR) is 79.2 cm³/mol. The Balaban J connectivity index is 1.93. The molecule has 0 aromatic heterocycles. The third-order valence-electron chi connectivity index (χ3n) is 2.94. The number of hydrogen-bond donors (Lipinski definition) is 1. The fraction of sp³-hybridized carbons (Fsp3) is 0.250. The smallest absolute Gasteiger partial charge is 0.123 e. The number of benzene rings is 2. The van der Waals surface area contributed by atoms with E-state index in [0.717, 1.165) is 24.1 Å². The van der Waals surface area contributed by atoms with Crippen molar-refractivity contribution >= 4 is 17.3 Å².